The molecular formula is C14H18N2O. The van der Waals surface area contributed by atoms with Crippen LogP contribution in [0.25, 0.3) is 11.3 Å². The van der Waals surface area contributed by atoms with E-state index in [1.54, 1.807) is 0 Å². The van der Waals surface area contributed by atoms with E-state index >= 15 is 0 Å². The molecule has 0 fully saturated rings. The molecule has 3 heteroatoms. The van der Waals surface area contributed by atoms with Crippen LogP contribution in [0.2, 0.25) is 0 Å². The van der Waals surface area contributed by atoms with Crippen LogP contribution >= 0.6 is 0 Å². The van der Waals surface area contributed by atoms with Crippen molar-refractivity contribution < 1.29 is 4.42 Å². The van der Waals surface area contributed by atoms with E-state index in [0.29, 0.717) is 6.54 Å². The van der Waals surface area contributed by atoms with Gasteiger partial charge in [0.25, 0.3) is 0 Å². The van der Waals surface area contributed by atoms with Gasteiger partial charge in [-0.1, -0.05) is 25.1 Å². The molecule has 90 valence electrons. The van der Waals surface area contributed by atoms with Crippen LogP contribution in [-0.4, -0.2) is 11.5 Å². The second kappa shape index (κ2) is 5.15. The van der Waals surface area contributed by atoms with Gasteiger partial charge in [-0.3, -0.25) is 0 Å². The van der Waals surface area contributed by atoms with E-state index in [-0.39, 0.29) is 0 Å². The minimum absolute atomic E-state index is 0.682. The Morgan fingerprint density at radius 1 is 1.24 bits per heavy atom. The van der Waals surface area contributed by atoms with Crippen molar-refractivity contribution in [2.45, 2.75) is 27.3 Å². The molecule has 0 bridgehead atoms. The number of aromatic nitrogens is 1. The van der Waals surface area contributed by atoms with Crippen molar-refractivity contribution in [1.29, 1.82) is 0 Å². The van der Waals surface area contributed by atoms with E-state index in [1.165, 1.54) is 11.1 Å². The van der Waals surface area contributed by atoms with Crippen LogP contribution in [0.4, 0.5) is 0 Å². The number of hydrogen-bond acceptors (Lipinski definition) is 3. The number of rotatable bonds is 4. The molecule has 0 amide bonds. The molecule has 0 saturated heterocycles. The highest BCUT2D eigenvalue weighted by Gasteiger charge is 2.10. The molecular weight excluding hydrogens is 212 g/mol. The van der Waals surface area contributed by atoms with Gasteiger partial charge in [0.05, 0.1) is 12.7 Å². The van der Waals surface area contributed by atoms with Crippen molar-refractivity contribution in [1.82, 2.24) is 10.3 Å². The zero-order chi connectivity index (χ0) is 12.3. The van der Waals surface area contributed by atoms with Gasteiger partial charge in [0.15, 0.2) is 5.76 Å². The summed E-state index contributed by atoms with van der Waals surface area (Å²) in [7, 11) is 0. The van der Waals surface area contributed by atoms with Crippen LogP contribution in [0.1, 0.15) is 23.9 Å². The molecule has 1 aromatic carbocycles. The summed E-state index contributed by atoms with van der Waals surface area (Å²) in [4.78, 5) is 4.28. The Balaban J connectivity index is 2.30. The van der Waals surface area contributed by atoms with Crippen LogP contribution in [0.3, 0.4) is 0 Å². The maximum absolute atomic E-state index is 5.76. The van der Waals surface area contributed by atoms with Gasteiger partial charge in [0, 0.05) is 5.56 Å². The highest BCUT2D eigenvalue weighted by atomic mass is 16.4. The number of oxazole rings is 1. The van der Waals surface area contributed by atoms with Gasteiger partial charge >= 0.3 is 0 Å². The van der Waals surface area contributed by atoms with Crippen molar-refractivity contribution in [3.05, 3.63) is 41.4 Å². The van der Waals surface area contributed by atoms with Crippen molar-refractivity contribution in [3.8, 4) is 11.3 Å². The molecule has 0 aliphatic carbocycles. The summed E-state index contributed by atoms with van der Waals surface area (Å²) in [5, 5.41) is 3.20. The normalized spacial score (nSPS) is 10.8. The maximum atomic E-state index is 5.76. The molecule has 0 spiro atoms. The number of nitrogens with zero attached hydrogens (tertiary/aromatic N) is 1. The standard InChI is InChI=1S/C14H18N2O/c1-4-15-9-13-16-8-12(17-13)14-10(2)6-5-7-11(14)3/h5-8,15H,4,9H2,1-3H3. The minimum atomic E-state index is 0.682. The molecule has 2 rings (SSSR count). The molecule has 0 saturated carbocycles. The number of aryl methyl sites for hydroxylation is 2. The lowest BCUT2D eigenvalue weighted by atomic mass is 10.0. The van der Waals surface area contributed by atoms with E-state index in [2.05, 4.69) is 49.3 Å². The SMILES string of the molecule is CCNCc1ncc(-c2c(C)cccc2C)o1. The minimum Gasteiger partial charge on any atom is -0.439 e. The van der Waals surface area contributed by atoms with Crippen molar-refractivity contribution in [2.24, 2.45) is 0 Å². The van der Waals surface area contributed by atoms with Crippen molar-refractivity contribution >= 4 is 0 Å². The quantitative estimate of drug-likeness (QED) is 0.877. The van der Waals surface area contributed by atoms with E-state index in [1.807, 2.05) is 6.20 Å². The lowest BCUT2D eigenvalue weighted by Gasteiger charge is -2.05. The fourth-order valence-corrected chi connectivity index (χ4v) is 1.94. The molecule has 0 aliphatic rings. The van der Waals surface area contributed by atoms with Crippen LogP contribution in [0, 0.1) is 13.8 Å². The summed E-state index contributed by atoms with van der Waals surface area (Å²) in [5.41, 5.74) is 3.59. The predicted octanol–water partition coefficient (Wildman–Crippen LogP) is 3.07. The molecule has 2 aromatic rings. The van der Waals surface area contributed by atoms with Gasteiger partial charge in [0.1, 0.15) is 0 Å². The summed E-state index contributed by atoms with van der Waals surface area (Å²) >= 11 is 0. The Kier molecular flexibility index (Phi) is 3.59. The molecule has 3 nitrogen and oxygen atoms in total. The van der Waals surface area contributed by atoms with Gasteiger partial charge in [-0.2, -0.15) is 0 Å². The highest BCUT2D eigenvalue weighted by molar-refractivity contribution is 5.65. The van der Waals surface area contributed by atoms with E-state index < -0.39 is 0 Å². The summed E-state index contributed by atoms with van der Waals surface area (Å²) in [6.45, 7) is 7.85. The largest absolute Gasteiger partial charge is 0.439 e. The lowest BCUT2D eigenvalue weighted by molar-refractivity contribution is 0.482. The third-order valence-corrected chi connectivity index (χ3v) is 2.81. The molecule has 0 aliphatic heterocycles. The fraction of sp³-hybridized carbons (Fsp3) is 0.357. The highest BCUT2D eigenvalue weighted by Crippen LogP contribution is 2.27. The number of benzene rings is 1. The van der Waals surface area contributed by atoms with Gasteiger partial charge in [-0.15, -0.1) is 0 Å². The molecule has 0 unspecified atom stereocenters. The van der Waals surface area contributed by atoms with E-state index in [0.717, 1.165) is 23.8 Å². The lowest BCUT2D eigenvalue weighted by Crippen LogP contribution is -2.11. The third kappa shape index (κ3) is 2.56. The Bertz CT molecular complexity index is 482. The van der Waals surface area contributed by atoms with Crippen LogP contribution in [0.5, 0.6) is 0 Å². The Morgan fingerprint density at radius 2 is 1.94 bits per heavy atom. The summed E-state index contributed by atoms with van der Waals surface area (Å²) < 4.78 is 5.76. The smallest absolute Gasteiger partial charge is 0.208 e. The van der Waals surface area contributed by atoms with Crippen LogP contribution in [0.15, 0.2) is 28.8 Å². The molecule has 1 aromatic heterocycles. The first-order chi connectivity index (χ1) is 8.22. The average Bonchev–Trinajstić information content (AvgIpc) is 2.75. The summed E-state index contributed by atoms with van der Waals surface area (Å²) in [5.74, 6) is 1.60. The second-order valence-electron chi connectivity index (χ2n) is 4.17. The molecule has 0 radical (unpaired) electrons. The fourth-order valence-electron chi connectivity index (χ4n) is 1.94. The number of hydrogen-bond donors (Lipinski definition) is 1. The topological polar surface area (TPSA) is 38.1 Å². The zero-order valence-electron chi connectivity index (χ0n) is 10.6. The van der Waals surface area contributed by atoms with Crippen LogP contribution < -0.4 is 5.32 Å². The van der Waals surface area contributed by atoms with Crippen molar-refractivity contribution in [3.63, 3.8) is 0 Å². The monoisotopic (exact) mass is 230 g/mol. The molecule has 1 heterocycles. The molecule has 17 heavy (non-hydrogen) atoms. The van der Waals surface area contributed by atoms with Gasteiger partial charge in [-0.25, -0.2) is 4.98 Å². The predicted molar refractivity (Wildman–Crippen MR) is 68.8 cm³/mol. The maximum Gasteiger partial charge on any atom is 0.208 e. The van der Waals surface area contributed by atoms with Gasteiger partial charge in [0.2, 0.25) is 5.89 Å². The third-order valence-electron chi connectivity index (χ3n) is 2.81. The van der Waals surface area contributed by atoms with E-state index in [4.69, 9.17) is 4.42 Å². The Morgan fingerprint density at radius 3 is 2.59 bits per heavy atom. The van der Waals surface area contributed by atoms with Crippen molar-refractivity contribution in [2.75, 3.05) is 6.54 Å². The van der Waals surface area contributed by atoms with E-state index in [9.17, 15) is 0 Å². The average molecular weight is 230 g/mol. The van der Waals surface area contributed by atoms with Crippen LogP contribution in [-0.2, 0) is 6.54 Å². The summed E-state index contributed by atoms with van der Waals surface area (Å²) in [6.07, 6.45) is 1.81. The Hall–Kier alpha value is -1.61. The molecule has 0 atom stereocenters. The van der Waals surface area contributed by atoms with Gasteiger partial charge < -0.3 is 9.73 Å². The first-order valence-corrected chi connectivity index (χ1v) is 5.94. The zero-order valence-corrected chi connectivity index (χ0v) is 10.6. The first kappa shape index (κ1) is 11.9. The number of nitrogens with one attached hydrogen (secondary N) is 1. The summed E-state index contributed by atoms with van der Waals surface area (Å²) in [6, 6.07) is 6.24. The molecule has 1 N–H and O–H groups in total. The second-order valence-corrected chi connectivity index (χ2v) is 4.17. The van der Waals surface area contributed by atoms with Gasteiger partial charge in [-0.05, 0) is 31.5 Å². The first-order valence-electron chi connectivity index (χ1n) is 5.94. The Labute approximate surface area is 102 Å².